The SMILES string of the molecule is CCC(CC(C)c1ccc(CCCN2CCC(C3CCN(CCCc4ccccc4)CC3)CC2)cc1)C(N)=O. The van der Waals surface area contributed by atoms with Crippen LogP contribution >= 0.6 is 0 Å². The standard InChI is InChI=1S/C35H53N3O/c1-3-31(35(36)39)27-28(2)32-15-13-30(14-16-32)12-8-22-38-25-19-34(20-26-38)33-17-23-37(24-18-33)21-7-11-29-9-5-4-6-10-29/h4-6,9-10,13-16,28,31,33-34H,3,7-8,11-12,17-27H2,1-2H3,(H2,36,39). The molecule has 2 aromatic rings. The van der Waals surface area contributed by atoms with E-state index in [1.54, 1.807) is 0 Å². The van der Waals surface area contributed by atoms with E-state index in [9.17, 15) is 4.79 Å². The number of aryl methyl sites for hydroxylation is 2. The van der Waals surface area contributed by atoms with Crippen LogP contribution in [0.4, 0.5) is 0 Å². The van der Waals surface area contributed by atoms with Gasteiger partial charge < -0.3 is 15.5 Å². The molecule has 2 aliphatic heterocycles. The molecule has 0 radical (unpaired) electrons. The number of piperidine rings is 2. The average Bonchev–Trinajstić information content (AvgIpc) is 2.97. The Morgan fingerprint density at radius 2 is 1.28 bits per heavy atom. The molecule has 214 valence electrons. The molecule has 4 nitrogen and oxygen atoms in total. The molecule has 0 spiro atoms. The summed E-state index contributed by atoms with van der Waals surface area (Å²) < 4.78 is 0. The van der Waals surface area contributed by atoms with E-state index in [2.05, 4.69) is 71.3 Å². The van der Waals surface area contributed by atoms with Crippen LogP contribution in [-0.4, -0.2) is 55.0 Å². The van der Waals surface area contributed by atoms with Crippen molar-refractivity contribution in [3.8, 4) is 0 Å². The summed E-state index contributed by atoms with van der Waals surface area (Å²) in [6.07, 6.45) is 12.2. The third kappa shape index (κ3) is 9.46. The molecule has 2 atom stereocenters. The van der Waals surface area contributed by atoms with Crippen molar-refractivity contribution in [1.29, 1.82) is 0 Å². The maximum Gasteiger partial charge on any atom is 0.220 e. The number of primary amides is 1. The Kier molecular flexibility index (Phi) is 11.9. The molecule has 39 heavy (non-hydrogen) atoms. The molecule has 2 aliphatic rings. The molecule has 2 aromatic carbocycles. The highest BCUT2D eigenvalue weighted by molar-refractivity contribution is 5.76. The smallest absolute Gasteiger partial charge is 0.220 e. The van der Waals surface area contributed by atoms with Crippen LogP contribution in [0.1, 0.15) is 87.8 Å². The number of benzene rings is 2. The molecule has 2 unspecified atom stereocenters. The maximum atomic E-state index is 11.6. The Bertz CT molecular complexity index is 959. The average molecular weight is 532 g/mol. The summed E-state index contributed by atoms with van der Waals surface area (Å²) in [5, 5.41) is 0. The van der Waals surface area contributed by atoms with E-state index in [-0.39, 0.29) is 11.8 Å². The zero-order valence-electron chi connectivity index (χ0n) is 24.7. The van der Waals surface area contributed by atoms with Crippen LogP contribution < -0.4 is 5.73 Å². The van der Waals surface area contributed by atoms with Gasteiger partial charge in [0.1, 0.15) is 0 Å². The van der Waals surface area contributed by atoms with Crippen molar-refractivity contribution in [2.45, 2.75) is 84.0 Å². The van der Waals surface area contributed by atoms with Gasteiger partial charge in [0.25, 0.3) is 0 Å². The van der Waals surface area contributed by atoms with E-state index in [0.717, 1.165) is 31.1 Å². The summed E-state index contributed by atoms with van der Waals surface area (Å²) in [4.78, 5) is 17.0. The van der Waals surface area contributed by atoms with E-state index in [4.69, 9.17) is 5.73 Å². The van der Waals surface area contributed by atoms with E-state index >= 15 is 0 Å². The largest absolute Gasteiger partial charge is 0.369 e. The van der Waals surface area contributed by atoms with E-state index in [1.807, 2.05) is 6.92 Å². The van der Waals surface area contributed by atoms with Crippen LogP contribution in [0.15, 0.2) is 54.6 Å². The third-order valence-corrected chi connectivity index (χ3v) is 9.74. The molecule has 2 heterocycles. The summed E-state index contributed by atoms with van der Waals surface area (Å²) in [6.45, 7) is 11.9. The fourth-order valence-corrected chi connectivity index (χ4v) is 7.01. The second-order valence-electron chi connectivity index (χ2n) is 12.4. The van der Waals surface area contributed by atoms with Crippen molar-refractivity contribution in [1.82, 2.24) is 9.80 Å². The molecule has 0 bridgehead atoms. The predicted molar refractivity (Wildman–Crippen MR) is 164 cm³/mol. The quantitative estimate of drug-likeness (QED) is 0.296. The monoisotopic (exact) mass is 531 g/mol. The molecular formula is C35H53N3O. The van der Waals surface area contributed by atoms with Crippen molar-refractivity contribution >= 4 is 5.91 Å². The first kappa shape index (κ1) is 29.8. The first-order valence-electron chi connectivity index (χ1n) is 15.9. The van der Waals surface area contributed by atoms with E-state index in [1.165, 1.54) is 101 Å². The normalized spacial score (nSPS) is 19.6. The fourth-order valence-electron chi connectivity index (χ4n) is 7.01. The number of carbonyl (C=O) groups excluding carboxylic acids is 1. The van der Waals surface area contributed by atoms with Gasteiger partial charge in [0.15, 0.2) is 0 Å². The minimum absolute atomic E-state index is 0.0215. The van der Waals surface area contributed by atoms with Crippen LogP contribution in [0.5, 0.6) is 0 Å². The molecule has 2 fully saturated rings. The lowest BCUT2D eigenvalue weighted by Crippen LogP contribution is -2.41. The first-order chi connectivity index (χ1) is 19.0. The predicted octanol–water partition coefficient (Wildman–Crippen LogP) is 6.68. The van der Waals surface area contributed by atoms with Crippen molar-refractivity contribution in [3.63, 3.8) is 0 Å². The second-order valence-corrected chi connectivity index (χ2v) is 12.4. The van der Waals surface area contributed by atoms with Gasteiger partial charge >= 0.3 is 0 Å². The highest BCUT2D eigenvalue weighted by Gasteiger charge is 2.29. The summed E-state index contributed by atoms with van der Waals surface area (Å²) in [7, 11) is 0. The number of amides is 1. The maximum absolute atomic E-state index is 11.6. The van der Waals surface area contributed by atoms with Crippen molar-refractivity contribution < 1.29 is 4.79 Å². The van der Waals surface area contributed by atoms with Gasteiger partial charge in [-0.1, -0.05) is 68.4 Å². The van der Waals surface area contributed by atoms with Gasteiger partial charge in [0.05, 0.1) is 0 Å². The zero-order chi connectivity index (χ0) is 27.5. The number of likely N-dealkylation sites (tertiary alicyclic amines) is 2. The van der Waals surface area contributed by atoms with Crippen molar-refractivity contribution in [2.24, 2.45) is 23.5 Å². The fraction of sp³-hybridized carbons (Fsp3) is 0.629. The summed E-state index contributed by atoms with van der Waals surface area (Å²) >= 11 is 0. The van der Waals surface area contributed by atoms with Crippen LogP contribution in [0, 0.1) is 17.8 Å². The van der Waals surface area contributed by atoms with E-state index in [0.29, 0.717) is 5.92 Å². The summed E-state index contributed by atoms with van der Waals surface area (Å²) in [6, 6.07) is 20.0. The lowest BCUT2D eigenvalue weighted by molar-refractivity contribution is -0.122. The lowest BCUT2D eigenvalue weighted by atomic mass is 9.78. The molecule has 0 aromatic heterocycles. The van der Waals surface area contributed by atoms with Gasteiger partial charge in [-0.15, -0.1) is 0 Å². The van der Waals surface area contributed by atoms with Crippen LogP contribution in [0.2, 0.25) is 0 Å². The molecule has 0 aliphatic carbocycles. The van der Waals surface area contributed by atoms with Gasteiger partial charge in [-0.05, 0) is 138 Å². The minimum Gasteiger partial charge on any atom is -0.369 e. The van der Waals surface area contributed by atoms with Crippen molar-refractivity contribution in [2.75, 3.05) is 39.3 Å². The van der Waals surface area contributed by atoms with Gasteiger partial charge in [0.2, 0.25) is 5.91 Å². The van der Waals surface area contributed by atoms with Crippen LogP contribution in [-0.2, 0) is 17.6 Å². The molecule has 2 N–H and O–H groups in total. The van der Waals surface area contributed by atoms with Gasteiger partial charge in [-0.3, -0.25) is 4.79 Å². The number of hydrogen-bond donors (Lipinski definition) is 1. The molecular weight excluding hydrogens is 478 g/mol. The van der Waals surface area contributed by atoms with E-state index < -0.39 is 0 Å². The molecule has 2 saturated heterocycles. The minimum atomic E-state index is -0.166. The van der Waals surface area contributed by atoms with Crippen LogP contribution in [0.25, 0.3) is 0 Å². The number of hydrogen-bond acceptors (Lipinski definition) is 3. The molecule has 4 rings (SSSR count). The second kappa shape index (κ2) is 15.6. The molecule has 0 saturated carbocycles. The van der Waals surface area contributed by atoms with Crippen molar-refractivity contribution in [3.05, 3.63) is 71.3 Å². The lowest BCUT2D eigenvalue weighted by Gasteiger charge is -2.40. The highest BCUT2D eigenvalue weighted by Crippen LogP contribution is 2.33. The summed E-state index contributed by atoms with van der Waals surface area (Å²) in [5.41, 5.74) is 9.77. The van der Waals surface area contributed by atoms with Gasteiger partial charge in [0, 0.05) is 5.92 Å². The Hall–Kier alpha value is -2.17. The number of carbonyl (C=O) groups is 1. The van der Waals surface area contributed by atoms with Crippen LogP contribution in [0.3, 0.4) is 0 Å². The number of rotatable bonds is 14. The Morgan fingerprint density at radius 1 is 0.795 bits per heavy atom. The zero-order valence-corrected chi connectivity index (χ0v) is 24.7. The Balaban J connectivity index is 1.08. The number of nitrogens with two attached hydrogens (primary N) is 1. The molecule has 4 heteroatoms. The van der Waals surface area contributed by atoms with Gasteiger partial charge in [-0.2, -0.15) is 0 Å². The first-order valence-corrected chi connectivity index (χ1v) is 15.9. The highest BCUT2D eigenvalue weighted by atomic mass is 16.1. The summed E-state index contributed by atoms with van der Waals surface area (Å²) in [5.74, 6) is 2.08. The third-order valence-electron chi connectivity index (χ3n) is 9.74. The Morgan fingerprint density at radius 3 is 1.74 bits per heavy atom. The number of nitrogens with zero attached hydrogens (tertiary/aromatic N) is 2. The van der Waals surface area contributed by atoms with Gasteiger partial charge in [-0.25, -0.2) is 0 Å². The Labute approximate surface area is 238 Å². The molecule has 1 amide bonds. The topological polar surface area (TPSA) is 49.6 Å².